The van der Waals surface area contributed by atoms with Crippen molar-refractivity contribution in [3.05, 3.63) is 46.1 Å². The van der Waals surface area contributed by atoms with Gasteiger partial charge in [-0.1, -0.05) is 0 Å². The zero-order valence-electron chi connectivity index (χ0n) is 12.9. The molecule has 1 amide bonds. The number of nitro benzene ring substituents is 1. The summed E-state index contributed by atoms with van der Waals surface area (Å²) in [6.07, 6.45) is 0.667. The zero-order chi connectivity index (χ0) is 16.6. The monoisotopic (exact) mass is 315 g/mol. The first-order valence-electron chi connectivity index (χ1n) is 7.29. The van der Waals surface area contributed by atoms with Gasteiger partial charge in [0.1, 0.15) is 11.9 Å². The molecule has 8 nitrogen and oxygen atoms in total. The Balaban J connectivity index is 1.72. The molecule has 120 valence electrons. The Hall–Kier alpha value is -2.90. The number of nitrogens with zero attached hydrogens (tertiary/aromatic N) is 4. The number of nitro groups is 1. The molecular formula is C15H17N5O3. The first-order chi connectivity index (χ1) is 11.0. The maximum Gasteiger partial charge on any atom is 0.269 e. The van der Waals surface area contributed by atoms with Crippen molar-refractivity contribution in [3.63, 3.8) is 0 Å². The van der Waals surface area contributed by atoms with E-state index in [1.807, 2.05) is 20.0 Å². The molecule has 1 N–H and O–H groups in total. The average molecular weight is 315 g/mol. The fourth-order valence-electron chi connectivity index (χ4n) is 2.77. The number of carbonyl (C=O) groups excluding carboxylic acids is 1. The van der Waals surface area contributed by atoms with Crippen molar-refractivity contribution < 1.29 is 9.72 Å². The van der Waals surface area contributed by atoms with Crippen LogP contribution in [0.15, 0.2) is 30.3 Å². The van der Waals surface area contributed by atoms with Gasteiger partial charge < -0.3 is 5.32 Å². The Morgan fingerprint density at radius 2 is 2.04 bits per heavy atom. The molecular weight excluding hydrogens is 298 g/mol. The standard InChI is InChI=1S/C15H17N5O3/c1-10-9-14(18(2)17-10)19-8-7-13(15(19)21)16-11-3-5-12(6-4-11)20(22)23/h3-6,9,13,16H,7-8H2,1-2H3. The Kier molecular flexibility index (Phi) is 3.73. The number of anilines is 2. The molecule has 23 heavy (non-hydrogen) atoms. The van der Waals surface area contributed by atoms with Gasteiger partial charge in [0.05, 0.1) is 10.6 Å². The van der Waals surface area contributed by atoms with Crippen LogP contribution in [0.5, 0.6) is 0 Å². The zero-order valence-corrected chi connectivity index (χ0v) is 12.9. The molecule has 1 fully saturated rings. The van der Waals surface area contributed by atoms with Crippen molar-refractivity contribution >= 4 is 23.1 Å². The summed E-state index contributed by atoms with van der Waals surface area (Å²) in [6, 6.07) is 7.61. The van der Waals surface area contributed by atoms with Gasteiger partial charge >= 0.3 is 0 Å². The number of rotatable bonds is 4. The van der Waals surface area contributed by atoms with Crippen molar-refractivity contribution in [1.82, 2.24) is 9.78 Å². The SMILES string of the molecule is Cc1cc(N2CCC(Nc3ccc([N+](=O)[O-])cc3)C2=O)n(C)n1. The van der Waals surface area contributed by atoms with Crippen LogP contribution in [-0.4, -0.2) is 33.2 Å². The van der Waals surface area contributed by atoms with Crippen LogP contribution in [0.25, 0.3) is 0 Å². The summed E-state index contributed by atoms with van der Waals surface area (Å²) in [5, 5.41) is 18.1. The smallest absolute Gasteiger partial charge is 0.269 e. The molecule has 2 aromatic rings. The highest BCUT2D eigenvalue weighted by Gasteiger charge is 2.34. The van der Waals surface area contributed by atoms with E-state index < -0.39 is 4.92 Å². The van der Waals surface area contributed by atoms with Crippen molar-refractivity contribution in [1.29, 1.82) is 0 Å². The predicted octanol–water partition coefficient (Wildman–Crippen LogP) is 1.85. The summed E-state index contributed by atoms with van der Waals surface area (Å²) in [7, 11) is 1.81. The number of amides is 1. The largest absolute Gasteiger partial charge is 0.374 e. The number of carbonyl (C=O) groups is 1. The molecule has 1 unspecified atom stereocenters. The van der Waals surface area contributed by atoms with E-state index in [-0.39, 0.29) is 17.6 Å². The molecule has 0 radical (unpaired) electrons. The highest BCUT2D eigenvalue weighted by molar-refractivity contribution is 6.00. The second-order valence-corrected chi connectivity index (χ2v) is 5.55. The van der Waals surface area contributed by atoms with Crippen LogP contribution >= 0.6 is 0 Å². The number of hydrogen-bond donors (Lipinski definition) is 1. The maximum absolute atomic E-state index is 12.6. The van der Waals surface area contributed by atoms with Crippen molar-refractivity contribution in [2.24, 2.45) is 7.05 Å². The van der Waals surface area contributed by atoms with Gasteiger partial charge in [0.2, 0.25) is 0 Å². The second-order valence-electron chi connectivity index (χ2n) is 5.55. The third-order valence-electron chi connectivity index (χ3n) is 3.88. The van der Waals surface area contributed by atoms with Crippen LogP contribution in [-0.2, 0) is 11.8 Å². The average Bonchev–Trinajstić information content (AvgIpc) is 3.02. The van der Waals surface area contributed by atoms with Gasteiger partial charge in [-0.2, -0.15) is 5.10 Å². The maximum atomic E-state index is 12.6. The van der Waals surface area contributed by atoms with Crippen LogP contribution in [0, 0.1) is 17.0 Å². The number of aromatic nitrogens is 2. The lowest BCUT2D eigenvalue weighted by Gasteiger charge is -2.17. The van der Waals surface area contributed by atoms with E-state index in [4.69, 9.17) is 0 Å². The van der Waals surface area contributed by atoms with Crippen molar-refractivity contribution in [3.8, 4) is 0 Å². The Morgan fingerprint density at radius 1 is 1.35 bits per heavy atom. The fourth-order valence-corrected chi connectivity index (χ4v) is 2.77. The summed E-state index contributed by atoms with van der Waals surface area (Å²) < 4.78 is 1.70. The van der Waals surface area contributed by atoms with Crippen molar-refractivity contribution in [2.45, 2.75) is 19.4 Å². The van der Waals surface area contributed by atoms with E-state index in [9.17, 15) is 14.9 Å². The van der Waals surface area contributed by atoms with Crippen LogP contribution < -0.4 is 10.2 Å². The molecule has 1 saturated heterocycles. The van der Waals surface area contributed by atoms with Crippen LogP contribution in [0.3, 0.4) is 0 Å². The lowest BCUT2D eigenvalue weighted by molar-refractivity contribution is -0.384. The Labute approximate surface area is 132 Å². The summed E-state index contributed by atoms with van der Waals surface area (Å²) >= 11 is 0. The predicted molar refractivity (Wildman–Crippen MR) is 85.4 cm³/mol. The third-order valence-corrected chi connectivity index (χ3v) is 3.88. The van der Waals surface area contributed by atoms with Gasteiger partial charge in [-0.15, -0.1) is 0 Å². The number of non-ortho nitro benzene ring substituents is 1. The van der Waals surface area contributed by atoms with E-state index in [2.05, 4.69) is 10.4 Å². The quantitative estimate of drug-likeness (QED) is 0.686. The third kappa shape index (κ3) is 2.87. The van der Waals surface area contributed by atoms with E-state index in [1.165, 1.54) is 12.1 Å². The fraction of sp³-hybridized carbons (Fsp3) is 0.333. The van der Waals surface area contributed by atoms with Gasteiger partial charge in [0.15, 0.2) is 0 Å². The molecule has 1 atom stereocenters. The van der Waals surface area contributed by atoms with E-state index in [0.717, 1.165) is 11.5 Å². The highest BCUT2D eigenvalue weighted by atomic mass is 16.6. The minimum absolute atomic E-state index is 0.0219. The lowest BCUT2D eigenvalue weighted by Crippen LogP contribution is -2.34. The second kappa shape index (κ2) is 5.71. The minimum Gasteiger partial charge on any atom is -0.374 e. The molecule has 1 aromatic carbocycles. The number of nitrogens with one attached hydrogen (secondary N) is 1. The molecule has 1 aromatic heterocycles. The van der Waals surface area contributed by atoms with E-state index in [1.54, 1.807) is 21.7 Å². The van der Waals surface area contributed by atoms with Crippen LogP contribution in [0.1, 0.15) is 12.1 Å². The lowest BCUT2D eigenvalue weighted by atomic mass is 10.2. The van der Waals surface area contributed by atoms with Gasteiger partial charge in [0, 0.05) is 37.5 Å². The molecule has 0 aliphatic carbocycles. The topological polar surface area (TPSA) is 93.3 Å². The van der Waals surface area contributed by atoms with Gasteiger partial charge in [-0.25, -0.2) is 0 Å². The summed E-state index contributed by atoms with van der Waals surface area (Å²) in [4.78, 5) is 24.5. The van der Waals surface area contributed by atoms with Gasteiger partial charge in [-0.05, 0) is 25.5 Å². The Morgan fingerprint density at radius 3 is 2.61 bits per heavy atom. The van der Waals surface area contributed by atoms with E-state index >= 15 is 0 Å². The molecule has 0 bridgehead atoms. The number of benzene rings is 1. The van der Waals surface area contributed by atoms with Gasteiger partial charge in [0.25, 0.3) is 11.6 Å². The first-order valence-corrected chi connectivity index (χ1v) is 7.29. The van der Waals surface area contributed by atoms with Gasteiger partial charge in [-0.3, -0.25) is 24.5 Å². The molecule has 1 aliphatic rings. The first kappa shape index (κ1) is 15.0. The van der Waals surface area contributed by atoms with Crippen LogP contribution in [0.2, 0.25) is 0 Å². The molecule has 0 saturated carbocycles. The molecule has 2 heterocycles. The number of aryl methyl sites for hydroxylation is 2. The molecule has 8 heteroatoms. The molecule has 1 aliphatic heterocycles. The highest BCUT2D eigenvalue weighted by Crippen LogP contribution is 2.24. The number of hydrogen-bond acceptors (Lipinski definition) is 5. The van der Waals surface area contributed by atoms with E-state index in [0.29, 0.717) is 18.7 Å². The van der Waals surface area contributed by atoms with Crippen LogP contribution in [0.4, 0.5) is 17.2 Å². The molecule has 3 rings (SSSR count). The summed E-state index contributed by atoms with van der Waals surface area (Å²) in [5.41, 5.74) is 1.58. The molecule has 0 spiro atoms. The summed E-state index contributed by atoms with van der Waals surface area (Å²) in [6.45, 7) is 2.50. The normalized spacial score (nSPS) is 17.6. The Bertz CT molecular complexity index is 753. The summed E-state index contributed by atoms with van der Waals surface area (Å²) in [5.74, 6) is 0.756. The minimum atomic E-state index is -0.447. The van der Waals surface area contributed by atoms with Crippen molar-refractivity contribution in [2.75, 3.05) is 16.8 Å².